The highest BCUT2D eigenvalue weighted by molar-refractivity contribution is 5.79. The molecule has 2 atom stereocenters. The van der Waals surface area contributed by atoms with Crippen molar-refractivity contribution in [2.24, 2.45) is 5.92 Å². The van der Waals surface area contributed by atoms with E-state index in [1.165, 1.54) is 6.42 Å². The van der Waals surface area contributed by atoms with E-state index in [0.717, 1.165) is 45.4 Å². The summed E-state index contributed by atoms with van der Waals surface area (Å²) in [5.41, 5.74) is -0.570. The summed E-state index contributed by atoms with van der Waals surface area (Å²) >= 11 is 0. The average molecular weight is 226 g/mol. The number of aliphatic carboxylic acids is 1. The first-order chi connectivity index (χ1) is 7.65. The van der Waals surface area contributed by atoms with Crippen LogP contribution >= 0.6 is 0 Å². The van der Waals surface area contributed by atoms with Crippen LogP contribution in [0.2, 0.25) is 0 Å². The molecule has 0 radical (unpaired) electrons. The summed E-state index contributed by atoms with van der Waals surface area (Å²) < 4.78 is 0. The van der Waals surface area contributed by atoms with Gasteiger partial charge in [0.15, 0.2) is 0 Å². The lowest BCUT2D eigenvalue weighted by Crippen LogP contribution is -2.61. The van der Waals surface area contributed by atoms with Crippen molar-refractivity contribution >= 4 is 5.97 Å². The summed E-state index contributed by atoms with van der Waals surface area (Å²) in [4.78, 5) is 13.9. The molecular formula is C12H22N2O2. The summed E-state index contributed by atoms with van der Waals surface area (Å²) in [5, 5.41) is 12.9. The first kappa shape index (κ1) is 11.9. The SMILES string of the molecule is CC1CCCC(C(=O)O)(N2CCNCC2)C1. The van der Waals surface area contributed by atoms with Crippen molar-refractivity contribution in [1.29, 1.82) is 0 Å². The lowest BCUT2D eigenvalue weighted by Gasteiger charge is -2.46. The molecule has 1 saturated carbocycles. The van der Waals surface area contributed by atoms with E-state index < -0.39 is 11.5 Å². The fourth-order valence-electron chi connectivity index (χ4n) is 3.23. The van der Waals surface area contributed by atoms with E-state index in [4.69, 9.17) is 0 Å². The van der Waals surface area contributed by atoms with Gasteiger partial charge in [-0.25, -0.2) is 0 Å². The van der Waals surface area contributed by atoms with E-state index >= 15 is 0 Å². The highest BCUT2D eigenvalue weighted by atomic mass is 16.4. The van der Waals surface area contributed by atoms with E-state index in [-0.39, 0.29) is 0 Å². The van der Waals surface area contributed by atoms with Gasteiger partial charge in [0.25, 0.3) is 0 Å². The standard InChI is InChI=1S/C12H22N2O2/c1-10-3-2-4-12(9-10,11(15)16)14-7-5-13-6-8-14/h10,13H,2-9H2,1H3,(H,15,16). The molecule has 1 aliphatic carbocycles. The molecule has 2 N–H and O–H groups in total. The third-order valence-corrected chi connectivity index (χ3v) is 4.09. The van der Waals surface area contributed by atoms with Gasteiger partial charge in [-0.3, -0.25) is 9.69 Å². The van der Waals surface area contributed by atoms with Gasteiger partial charge in [-0.15, -0.1) is 0 Å². The first-order valence-electron chi connectivity index (χ1n) is 6.34. The average Bonchev–Trinajstić information content (AvgIpc) is 2.30. The summed E-state index contributed by atoms with van der Waals surface area (Å²) in [6.45, 7) is 5.77. The molecule has 2 aliphatic rings. The summed E-state index contributed by atoms with van der Waals surface area (Å²) in [5.74, 6) is -0.0688. The van der Waals surface area contributed by atoms with Gasteiger partial charge in [-0.1, -0.05) is 19.8 Å². The number of carboxylic acids is 1. The zero-order chi connectivity index (χ0) is 11.6. The normalized spacial score (nSPS) is 37.2. The molecule has 1 heterocycles. The Morgan fingerprint density at radius 1 is 1.44 bits per heavy atom. The van der Waals surface area contributed by atoms with Gasteiger partial charge >= 0.3 is 5.97 Å². The predicted octanol–water partition coefficient (Wildman–Crippen LogP) is 0.925. The van der Waals surface area contributed by atoms with Crippen molar-refractivity contribution in [3.05, 3.63) is 0 Å². The topological polar surface area (TPSA) is 52.6 Å². The Bertz CT molecular complexity index is 264. The quantitative estimate of drug-likeness (QED) is 0.735. The van der Waals surface area contributed by atoms with Crippen molar-refractivity contribution in [2.45, 2.75) is 38.1 Å². The molecule has 0 bridgehead atoms. The minimum atomic E-state index is -0.610. The number of rotatable bonds is 2. The molecule has 1 aliphatic heterocycles. The Hall–Kier alpha value is -0.610. The third kappa shape index (κ3) is 2.09. The van der Waals surface area contributed by atoms with Gasteiger partial charge < -0.3 is 10.4 Å². The van der Waals surface area contributed by atoms with Gasteiger partial charge in [0.2, 0.25) is 0 Å². The van der Waals surface area contributed by atoms with Crippen LogP contribution in [0.4, 0.5) is 0 Å². The van der Waals surface area contributed by atoms with Crippen molar-refractivity contribution in [1.82, 2.24) is 10.2 Å². The lowest BCUT2D eigenvalue weighted by molar-refractivity contribution is -0.156. The second-order valence-electron chi connectivity index (χ2n) is 5.28. The number of hydrogen-bond donors (Lipinski definition) is 2. The van der Waals surface area contributed by atoms with Crippen LogP contribution < -0.4 is 5.32 Å². The van der Waals surface area contributed by atoms with Crippen LogP contribution in [0, 0.1) is 5.92 Å². The van der Waals surface area contributed by atoms with E-state index in [1.807, 2.05) is 0 Å². The Balaban J connectivity index is 2.16. The molecule has 2 fully saturated rings. The maximum atomic E-state index is 11.7. The van der Waals surface area contributed by atoms with Crippen LogP contribution in [0.3, 0.4) is 0 Å². The summed E-state index contributed by atoms with van der Waals surface area (Å²) in [6, 6.07) is 0. The molecular weight excluding hydrogens is 204 g/mol. The smallest absolute Gasteiger partial charge is 0.324 e. The predicted molar refractivity (Wildman–Crippen MR) is 62.4 cm³/mol. The Morgan fingerprint density at radius 2 is 2.12 bits per heavy atom. The van der Waals surface area contributed by atoms with Gasteiger partial charge in [0.05, 0.1) is 0 Å². The maximum Gasteiger partial charge on any atom is 0.324 e. The minimum Gasteiger partial charge on any atom is -0.480 e. The van der Waals surface area contributed by atoms with Crippen molar-refractivity contribution in [3.63, 3.8) is 0 Å². The van der Waals surface area contributed by atoms with Crippen LogP contribution in [0.5, 0.6) is 0 Å². The highest BCUT2D eigenvalue weighted by Crippen LogP contribution is 2.37. The first-order valence-corrected chi connectivity index (χ1v) is 6.34. The van der Waals surface area contributed by atoms with Gasteiger partial charge in [-0.05, 0) is 18.8 Å². The fourth-order valence-corrected chi connectivity index (χ4v) is 3.23. The second kappa shape index (κ2) is 4.72. The molecule has 92 valence electrons. The van der Waals surface area contributed by atoms with Crippen molar-refractivity contribution < 1.29 is 9.90 Å². The molecule has 0 aromatic rings. The molecule has 0 amide bonds. The third-order valence-electron chi connectivity index (χ3n) is 4.09. The number of piperazine rings is 1. The molecule has 16 heavy (non-hydrogen) atoms. The number of carbonyl (C=O) groups is 1. The number of hydrogen-bond acceptors (Lipinski definition) is 3. The molecule has 0 aromatic carbocycles. The van der Waals surface area contributed by atoms with E-state index in [1.54, 1.807) is 0 Å². The molecule has 0 aromatic heterocycles. The fraction of sp³-hybridized carbons (Fsp3) is 0.917. The lowest BCUT2D eigenvalue weighted by atomic mass is 9.75. The van der Waals surface area contributed by atoms with Gasteiger partial charge in [0, 0.05) is 26.2 Å². The van der Waals surface area contributed by atoms with E-state index in [0.29, 0.717) is 5.92 Å². The van der Waals surface area contributed by atoms with Crippen molar-refractivity contribution in [2.75, 3.05) is 26.2 Å². The molecule has 2 rings (SSSR count). The van der Waals surface area contributed by atoms with Crippen LogP contribution in [0.15, 0.2) is 0 Å². The van der Waals surface area contributed by atoms with Crippen LogP contribution in [0.1, 0.15) is 32.6 Å². The molecule has 4 nitrogen and oxygen atoms in total. The summed E-state index contributed by atoms with van der Waals surface area (Å²) in [7, 11) is 0. The second-order valence-corrected chi connectivity index (χ2v) is 5.28. The zero-order valence-corrected chi connectivity index (χ0v) is 10.0. The molecule has 1 saturated heterocycles. The van der Waals surface area contributed by atoms with Crippen LogP contribution in [-0.4, -0.2) is 47.7 Å². The van der Waals surface area contributed by atoms with Gasteiger partial charge in [0.1, 0.15) is 5.54 Å². The zero-order valence-electron chi connectivity index (χ0n) is 10.0. The van der Waals surface area contributed by atoms with E-state index in [9.17, 15) is 9.90 Å². The largest absolute Gasteiger partial charge is 0.480 e. The van der Waals surface area contributed by atoms with Crippen LogP contribution in [-0.2, 0) is 4.79 Å². The van der Waals surface area contributed by atoms with Crippen molar-refractivity contribution in [3.8, 4) is 0 Å². The molecule has 4 heteroatoms. The maximum absolute atomic E-state index is 11.7. The highest BCUT2D eigenvalue weighted by Gasteiger charge is 2.46. The minimum absolute atomic E-state index is 0.541. The number of nitrogens with zero attached hydrogens (tertiary/aromatic N) is 1. The van der Waals surface area contributed by atoms with Crippen LogP contribution in [0.25, 0.3) is 0 Å². The summed E-state index contributed by atoms with van der Waals surface area (Å²) in [6.07, 6.45) is 3.88. The number of carboxylic acid groups (broad SMARTS) is 1. The van der Waals surface area contributed by atoms with E-state index in [2.05, 4.69) is 17.1 Å². The molecule has 2 unspecified atom stereocenters. The monoisotopic (exact) mass is 226 g/mol. The Morgan fingerprint density at radius 3 is 2.69 bits per heavy atom. The number of nitrogens with one attached hydrogen (secondary N) is 1. The Kier molecular flexibility index (Phi) is 3.50. The van der Waals surface area contributed by atoms with Gasteiger partial charge in [-0.2, -0.15) is 0 Å². The molecule has 0 spiro atoms. The Labute approximate surface area is 97.0 Å².